The van der Waals surface area contributed by atoms with E-state index in [0.29, 0.717) is 5.69 Å². The van der Waals surface area contributed by atoms with E-state index in [4.69, 9.17) is 10.5 Å². The van der Waals surface area contributed by atoms with Crippen LogP contribution in [0.15, 0.2) is 36.7 Å². The molecule has 0 saturated heterocycles. The molecule has 0 aliphatic heterocycles. The number of anilines is 1. The van der Waals surface area contributed by atoms with Crippen molar-refractivity contribution in [2.24, 2.45) is 7.05 Å². The van der Waals surface area contributed by atoms with E-state index in [1.807, 2.05) is 29.8 Å². The topological polar surface area (TPSA) is 66.0 Å². The molecule has 5 heteroatoms. The number of hydrogen-bond donors (Lipinski definition) is 1. The van der Waals surface area contributed by atoms with Crippen LogP contribution in [0.4, 0.5) is 5.69 Å². The van der Waals surface area contributed by atoms with Gasteiger partial charge < -0.3 is 15.0 Å². The number of benzene rings is 1. The second-order valence-corrected chi connectivity index (χ2v) is 4.31. The van der Waals surface area contributed by atoms with Gasteiger partial charge in [-0.1, -0.05) is 0 Å². The molecule has 0 aliphatic rings. The molecule has 0 atom stereocenters. The van der Waals surface area contributed by atoms with E-state index in [-0.39, 0.29) is 0 Å². The van der Waals surface area contributed by atoms with Crippen molar-refractivity contribution >= 4 is 16.7 Å². The molecule has 0 spiro atoms. The Morgan fingerprint density at radius 2 is 2.11 bits per heavy atom. The van der Waals surface area contributed by atoms with Crippen molar-refractivity contribution < 1.29 is 4.74 Å². The predicted octanol–water partition coefficient (Wildman–Crippen LogP) is 2.23. The molecule has 19 heavy (non-hydrogen) atoms. The first-order chi connectivity index (χ1) is 9.20. The standard InChI is InChI=1S/C14H14N4O/c1-18-13-8-16-6-5-12(13)17-14(18)10-4-3-9(19-2)7-11(10)15/h3-8H,15H2,1-2H3. The minimum atomic E-state index is 0.644. The number of nitrogen functional groups attached to an aromatic ring is 1. The number of aryl methyl sites for hydroxylation is 1. The van der Waals surface area contributed by atoms with E-state index in [1.54, 1.807) is 25.6 Å². The van der Waals surface area contributed by atoms with Gasteiger partial charge in [0.15, 0.2) is 0 Å². The Balaban J connectivity index is 2.21. The third kappa shape index (κ3) is 1.79. The Kier molecular flexibility index (Phi) is 2.59. The molecule has 96 valence electrons. The molecule has 0 unspecified atom stereocenters. The van der Waals surface area contributed by atoms with Crippen molar-refractivity contribution in [3.8, 4) is 17.1 Å². The fraction of sp³-hybridized carbons (Fsp3) is 0.143. The Morgan fingerprint density at radius 1 is 1.26 bits per heavy atom. The summed E-state index contributed by atoms with van der Waals surface area (Å²) in [4.78, 5) is 8.72. The number of nitrogens with two attached hydrogens (primary N) is 1. The van der Waals surface area contributed by atoms with E-state index >= 15 is 0 Å². The smallest absolute Gasteiger partial charge is 0.142 e. The highest BCUT2D eigenvalue weighted by atomic mass is 16.5. The fourth-order valence-corrected chi connectivity index (χ4v) is 2.15. The first-order valence-corrected chi connectivity index (χ1v) is 5.91. The Bertz CT molecular complexity index is 748. The Hall–Kier alpha value is -2.56. The van der Waals surface area contributed by atoms with E-state index < -0.39 is 0 Å². The van der Waals surface area contributed by atoms with Gasteiger partial charge in [0.25, 0.3) is 0 Å². The lowest BCUT2D eigenvalue weighted by Gasteiger charge is -2.07. The summed E-state index contributed by atoms with van der Waals surface area (Å²) in [5, 5.41) is 0. The van der Waals surface area contributed by atoms with Crippen LogP contribution in [0.1, 0.15) is 0 Å². The summed E-state index contributed by atoms with van der Waals surface area (Å²) in [5.41, 5.74) is 9.49. The number of fused-ring (bicyclic) bond motifs is 1. The molecular formula is C14H14N4O. The molecule has 0 radical (unpaired) electrons. The van der Waals surface area contributed by atoms with E-state index in [1.165, 1.54) is 0 Å². The third-order valence-corrected chi connectivity index (χ3v) is 3.18. The van der Waals surface area contributed by atoms with E-state index in [9.17, 15) is 0 Å². The maximum absolute atomic E-state index is 6.07. The number of nitrogens with zero attached hydrogens (tertiary/aromatic N) is 3. The van der Waals surface area contributed by atoms with Crippen LogP contribution in [0, 0.1) is 0 Å². The van der Waals surface area contributed by atoms with Crippen molar-refractivity contribution in [1.29, 1.82) is 0 Å². The highest BCUT2D eigenvalue weighted by molar-refractivity contribution is 5.83. The summed E-state index contributed by atoms with van der Waals surface area (Å²) in [6.07, 6.45) is 3.53. The van der Waals surface area contributed by atoms with Gasteiger partial charge in [-0.3, -0.25) is 4.98 Å². The van der Waals surface area contributed by atoms with Crippen molar-refractivity contribution in [3.63, 3.8) is 0 Å². The number of methoxy groups -OCH3 is 1. The summed E-state index contributed by atoms with van der Waals surface area (Å²) in [6.45, 7) is 0. The highest BCUT2D eigenvalue weighted by Crippen LogP contribution is 2.30. The molecule has 0 fully saturated rings. The third-order valence-electron chi connectivity index (χ3n) is 3.18. The van der Waals surface area contributed by atoms with Crippen molar-refractivity contribution in [2.75, 3.05) is 12.8 Å². The van der Waals surface area contributed by atoms with Gasteiger partial charge in [0.1, 0.15) is 11.6 Å². The zero-order valence-electron chi connectivity index (χ0n) is 10.8. The van der Waals surface area contributed by atoms with Gasteiger partial charge in [-0.15, -0.1) is 0 Å². The lowest BCUT2D eigenvalue weighted by atomic mass is 10.1. The lowest BCUT2D eigenvalue weighted by Crippen LogP contribution is -1.97. The Morgan fingerprint density at radius 3 is 2.79 bits per heavy atom. The maximum Gasteiger partial charge on any atom is 0.142 e. The molecule has 2 heterocycles. The minimum absolute atomic E-state index is 0.644. The zero-order chi connectivity index (χ0) is 13.4. The van der Waals surface area contributed by atoms with Crippen LogP contribution in [0.2, 0.25) is 0 Å². The van der Waals surface area contributed by atoms with Crippen molar-refractivity contribution in [1.82, 2.24) is 14.5 Å². The summed E-state index contributed by atoms with van der Waals surface area (Å²) < 4.78 is 7.14. The van der Waals surface area contributed by atoms with Gasteiger partial charge in [-0.25, -0.2) is 4.98 Å². The van der Waals surface area contributed by atoms with Crippen molar-refractivity contribution in [3.05, 3.63) is 36.7 Å². The average molecular weight is 254 g/mol. The number of pyridine rings is 1. The summed E-state index contributed by atoms with van der Waals surface area (Å²) in [7, 11) is 3.57. The van der Waals surface area contributed by atoms with Crippen LogP contribution in [-0.2, 0) is 7.05 Å². The van der Waals surface area contributed by atoms with Gasteiger partial charge in [0.05, 0.1) is 24.3 Å². The van der Waals surface area contributed by atoms with Gasteiger partial charge in [-0.05, 0) is 18.2 Å². The normalized spacial score (nSPS) is 10.8. The molecule has 0 aliphatic carbocycles. The molecular weight excluding hydrogens is 240 g/mol. The van der Waals surface area contributed by atoms with Crippen molar-refractivity contribution in [2.45, 2.75) is 0 Å². The molecule has 5 nitrogen and oxygen atoms in total. The number of rotatable bonds is 2. The molecule has 3 aromatic rings. The highest BCUT2D eigenvalue weighted by Gasteiger charge is 2.12. The molecule has 0 bridgehead atoms. The first-order valence-electron chi connectivity index (χ1n) is 5.91. The van der Waals surface area contributed by atoms with Crippen LogP contribution >= 0.6 is 0 Å². The summed E-state index contributed by atoms with van der Waals surface area (Å²) in [5.74, 6) is 1.56. The monoisotopic (exact) mass is 254 g/mol. The molecule has 2 aromatic heterocycles. The second kappa shape index (κ2) is 4.28. The molecule has 1 aromatic carbocycles. The van der Waals surface area contributed by atoms with Crippen LogP contribution < -0.4 is 10.5 Å². The zero-order valence-corrected chi connectivity index (χ0v) is 10.8. The van der Waals surface area contributed by atoms with Gasteiger partial charge in [0, 0.05) is 30.6 Å². The number of hydrogen-bond acceptors (Lipinski definition) is 4. The molecule has 0 saturated carbocycles. The quantitative estimate of drug-likeness (QED) is 0.712. The van der Waals surface area contributed by atoms with Gasteiger partial charge >= 0.3 is 0 Å². The van der Waals surface area contributed by atoms with E-state index in [0.717, 1.165) is 28.2 Å². The maximum atomic E-state index is 6.07. The van der Waals surface area contributed by atoms with Crippen LogP contribution in [0.5, 0.6) is 5.75 Å². The average Bonchev–Trinajstić information content (AvgIpc) is 2.76. The first kappa shape index (κ1) is 11.5. The number of imidazole rings is 1. The molecule has 2 N–H and O–H groups in total. The van der Waals surface area contributed by atoms with Gasteiger partial charge in [0.2, 0.25) is 0 Å². The van der Waals surface area contributed by atoms with E-state index in [2.05, 4.69) is 9.97 Å². The Labute approximate surface area is 110 Å². The van der Waals surface area contributed by atoms with Crippen LogP contribution in [0.25, 0.3) is 22.4 Å². The molecule has 3 rings (SSSR count). The predicted molar refractivity (Wildman–Crippen MR) is 74.9 cm³/mol. The SMILES string of the molecule is COc1ccc(-c2nc3ccncc3n2C)c(N)c1. The lowest BCUT2D eigenvalue weighted by molar-refractivity contribution is 0.415. The number of aromatic nitrogens is 3. The van der Waals surface area contributed by atoms with Crippen LogP contribution in [-0.4, -0.2) is 21.6 Å². The van der Waals surface area contributed by atoms with Crippen LogP contribution in [0.3, 0.4) is 0 Å². The molecule has 0 amide bonds. The second-order valence-electron chi connectivity index (χ2n) is 4.31. The fourth-order valence-electron chi connectivity index (χ4n) is 2.15. The summed E-state index contributed by atoms with van der Waals surface area (Å²) in [6, 6.07) is 7.48. The number of ether oxygens (including phenoxy) is 1. The van der Waals surface area contributed by atoms with Gasteiger partial charge in [-0.2, -0.15) is 0 Å². The summed E-state index contributed by atoms with van der Waals surface area (Å²) >= 11 is 0. The minimum Gasteiger partial charge on any atom is -0.497 e. The largest absolute Gasteiger partial charge is 0.497 e.